The number of hydrogen-bond acceptors (Lipinski definition) is 7. The van der Waals surface area contributed by atoms with Crippen LogP contribution in [-0.2, 0) is 16.1 Å². The molecule has 2 aromatic carbocycles. The number of carbonyl (C=O) groups is 1. The van der Waals surface area contributed by atoms with Crippen molar-refractivity contribution in [3.63, 3.8) is 0 Å². The molecule has 0 aliphatic carbocycles. The van der Waals surface area contributed by atoms with Crippen LogP contribution in [0.1, 0.15) is 11.5 Å². The van der Waals surface area contributed by atoms with E-state index < -0.39 is 10.9 Å². The minimum atomic E-state index is -0.709. The number of benzene rings is 2. The Morgan fingerprint density at radius 2 is 2.04 bits per heavy atom. The van der Waals surface area contributed by atoms with E-state index in [4.69, 9.17) is 20.9 Å². The van der Waals surface area contributed by atoms with Crippen molar-refractivity contribution in [3.05, 3.63) is 80.9 Å². The number of nitrogens with zero attached hydrogens (tertiary/aromatic N) is 3. The van der Waals surface area contributed by atoms with Gasteiger partial charge in [-0.1, -0.05) is 22.8 Å². The van der Waals surface area contributed by atoms with Crippen LogP contribution in [0.25, 0.3) is 17.5 Å². The topological polar surface area (TPSA) is 108 Å². The van der Waals surface area contributed by atoms with Crippen LogP contribution in [0.4, 0.5) is 10.1 Å². The lowest BCUT2D eigenvalue weighted by atomic mass is 10.2. The Morgan fingerprint density at radius 1 is 1.29 bits per heavy atom. The molecule has 28 heavy (non-hydrogen) atoms. The number of rotatable bonds is 6. The van der Waals surface area contributed by atoms with E-state index in [0.29, 0.717) is 11.1 Å². The van der Waals surface area contributed by atoms with E-state index >= 15 is 0 Å². The fourth-order valence-corrected chi connectivity index (χ4v) is 2.33. The molecule has 0 bridgehead atoms. The van der Waals surface area contributed by atoms with E-state index in [0.717, 1.165) is 6.08 Å². The molecule has 142 valence electrons. The second-order valence-corrected chi connectivity index (χ2v) is 5.83. The molecule has 0 aliphatic heterocycles. The van der Waals surface area contributed by atoms with Gasteiger partial charge in [0.05, 0.1) is 4.92 Å². The average Bonchev–Trinajstić information content (AvgIpc) is 3.15. The van der Waals surface area contributed by atoms with Gasteiger partial charge >= 0.3 is 5.97 Å². The largest absolute Gasteiger partial charge is 0.452 e. The summed E-state index contributed by atoms with van der Waals surface area (Å²) in [5, 5.41) is 14.6. The first-order valence-electron chi connectivity index (χ1n) is 7.79. The van der Waals surface area contributed by atoms with Gasteiger partial charge < -0.3 is 9.26 Å². The molecule has 1 aromatic heterocycles. The molecule has 1 heterocycles. The van der Waals surface area contributed by atoms with Crippen LogP contribution in [0.5, 0.6) is 0 Å². The van der Waals surface area contributed by atoms with Gasteiger partial charge in [-0.15, -0.1) is 0 Å². The van der Waals surface area contributed by atoms with Crippen molar-refractivity contribution in [2.24, 2.45) is 0 Å². The number of hydrogen-bond donors (Lipinski definition) is 0. The standard InChI is InChI=1S/C18H11ClFN3O5/c19-14-7-1-11(9-15(14)23(25)26)2-8-17(24)27-10-16-21-18(22-28-16)12-3-5-13(20)6-4-12/h1-9H,10H2/b8-2+. The lowest BCUT2D eigenvalue weighted by Crippen LogP contribution is -2.01. The molecule has 0 aliphatic rings. The maximum Gasteiger partial charge on any atom is 0.331 e. The number of aromatic nitrogens is 2. The summed E-state index contributed by atoms with van der Waals surface area (Å²) in [5.74, 6) is -0.809. The molecule has 0 fully saturated rings. The fourth-order valence-electron chi connectivity index (χ4n) is 2.15. The van der Waals surface area contributed by atoms with Gasteiger partial charge in [0.25, 0.3) is 11.6 Å². The molecule has 8 nitrogen and oxygen atoms in total. The Morgan fingerprint density at radius 3 is 2.75 bits per heavy atom. The van der Waals surface area contributed by atoms with Crippen LogP contribution in [-0.4, -0.2) is 21.0 Å². The van der Waals surface area contributed by atoms with Crippen LogP contribution in [0.2, 0.25) is 5.02 Å². The van der Waals surface area contributed by atoms with Gasteiger partial charge in [0, 0.05) is 17.7 Å². The Hall–Kier alpha value is -3.59. The number of halogens is 2. The zero-order valence-corrected chi connectivity index (χ0v) is 14.8. The first-order valence-corrected chi connectivity index (χ1v) is 8.17. The molecule has 0 radical (unpaired) electrons. The number of ether oxygens (including phenoxy) is 1. The maximum atomic E-state index is 12.9. The molecule has 0 amide bonds. The maximum absolute atomic E-state index is 12.9. The summed E-state index contributed by atoms with van der Waals surface area (Å²) in [4.78, 5) is 26.1. The van der Waals surface area contributed by atoms with Crippen LogP contribution in [0.15, 0.2) is 53.1 Å². The molecular weight excluding hydrogens is 393 g/mol. The zero-order chi connectivity index (χ0) is 20.1. The van der Waals surface area contributed by atoms with Crippen LogP contribution in [0.3, 0.4) is 0 Å². The van der Waals surface area contributed by atoms with Crippen molar-refractivity contribution >= 4 is 29.3 Å². The van der Waals surface area contributed by atoms with E-state index in [-0.39, 0.29) is 34.8 Å². The molecule has 0 atom stereocenters. The smallest absolute Gasteiger partial charge is 0.331 e. The van der Waals surface area contributed by atoms with Crippen LogP contribution in [0, 0.1) is 15.9 Å². The van der Waals surface area contributed by atoms with Gasteiger partial charge in [0.2, 0.25) is 5.82 Å². The van der Waals surface area contributed by atoms with Gasteiger partial charge in [0.15, 0.2) is 6.61 Å². The molecule has 0 saturated heterocycles. The molecule has 3 aromatic rings. The molecule has 0 saturated carbocycles. The summed E-state index contributed by atoms with van der Waals surface area (Å²) in [5.41, 5.74) is 0.688. The Balaban J connectivity index is 1.59. The van der Waals surface area contributed by atoms with Crippen molar-refractivity contribution < 1.29 is 23.4 Å². The molecule has 3 rings (SSSR count). The van der Waals surface area contributed by atoms with Gasteiger partial charge in [-0.2, -0.15) is 4.98 Å². The highest BCUT2D eigenvalue weighted by Crippen LogP contribution is 2.25. The van der Waals surface area contributed by atoms with E-state index in [1.54, 1.807) is 0 Å². The Kier molecular flexibility index (Phi) is 5.75. The van der Waals surface area contributed by atoms with Gasteiger partial charge in [-0.25, -0.2) is 9.18 Å². The summed E-state index contributed by atoms with van der Waals surface area (Å²) in [6.07, 6.45) is 2.45. The summed E-state index contributed by atoms with van der Waals surface area (Å²) in [7, 11) is 0. The second-order valence-electron chi connectivity index (χ2n) is 5.43. The molecule has 10 heteroatoms. The first kappa shape index (κ1) is 19.2. The molecule has 0 N–H and O–H groups in total. The monoisotopic (exact) mass is 403 g/mol. The van der Waals surface area contributed by atoms with Crippen molar-refractivity contribution in [2.45, 2.75) is 6.61 Å². The third-order valence-electron chi connectivity index (χ3n) is 3.49. The normalized spacial score (nSPS) is 10.9. The van der Waals surface area contributed by atoms with Gasteiger partial charge in [-0.05, 0) is 42.0 Å². The van der Waals surface area contributed by atoms with E-state index in [9.17, 15) is 19.3 Å². The molecular formula is C18H11ClFN3O5. The number of nitro benzene ring substituents is 1. The van der Waals surface area contributed by atoms with Crippen LogP contribution < -0.4 is 0 Å². The highest BCUT2D eigenvalue weighted by Gasteiger charge is 2.12. The lowest BCUT2D eigenvalue weighted by molar-refractivity contribution is -0.384. The third-order valence-corrected chi connectivity index (χ3v) is 3.81. The predicted molar refractivity (Wildman–Crippen MR) is 96.6 cm³/mol. The minimum absolute atomic E-state index is 0.00178. The summed E-state index contributed by atoms with van der Waals surface area (Å²) in [6, 6.07) is 9.62. The highest BCUT2D eigenvalue weighted by atomic mass is 35.5. The molecule has 0 unspecified atom stereocenters. The summed E-state index contributed by atoms with van der Waals surface area (Å²) >= 11 is 5.73. The first-order chi connectivity index (χ1) is 13.4. The van der Waals surface area contributed by atoms with E-state index in [1.807, 2.05) is 0 Å². The SMILES string of the molecule is O=C(/C=C/c1ccc(Cl)c([N+](=O)[O-])c1)OCc1nc(-c2ccc(F)cc2)no1. The average molecular weight is 404 g/mol. The van der Waals surface area contributed by atoms with E-state index in [1.165, 1.54) is 48.5 Å². The van der Waals surface area contributed by atoms with E-state index in [2.05, 4.69) is 10.1 Å². The number of nitro groups is 1. The Labute approximate surface area is 162 Å². The van der Waals surface area contributed by atoms with Gasteiger partial charge in [0.1, 0.15) is 10.8 Å². The fraction of sp³-hybridized carbons (Fsp3) is 0.0556. The minimum Gasteiger partial charge on any atom is -0.452 e. The van der Waals surface area contributed by atoms with Crippen molar-refractivity contribution in [1.29, 1.82) is 0 Å². The van der Waals surface area contributed by atoms with Crippen molar-refractivity contribution in [1.82, 2.24) is 10.1 Å². The summed E-state index contributed by atoms with van der Waals surface area (Å²) in [6.45, 7) is -0.266. The predicted octanol–water partition coefficient (Wildman–Crippen LogP) is 4.19. The quantitative estimate of drug-likeness (QED) is 0.262. The van der Waals surface area contributed by atoms with Crippen molar-refractivity contribution in [3.8, 4) is 11.4 Å². The van der Waals surface area contributed by atoms with Gasteiger partial charge in [-0.3, -0.25) is 10.1 Å². The van der Waals surface area contributed by atoms with Crippen LogP contribution >= 0.6 is 11.6 Å². The molecule has 0 spiro atoms. The van der Waals surface area contributed by atoms with Crippen molar-refractivity contribution in [2.75, 3.05) is 0 Å². The summed E-state index contributed by atoms with van der Waals surface area (Å²) < 4.78 is 22.9. The second kappa shape index (κ2) is 8.40. The third kappa shape index (κ3) is 4.77. The zero-order valence-electron chi connectivity index (χ0n) is 14.0. The number of esters is 1. The Bertz CT molecular complexity index is 1050. The number of carbonyl (C=O) groups excluding carboxylic acids is 1. The lowest BCUT2D eigenvalue weighted by Gasteiger charge is -1.98. The highest BCUT2D eigenvalue weighted by molar-refractivity contribution is 6.32.